The number of amides is 1. The zero-order valence-corrected chi connectivity index (χ0v) is 15.1. The van der Waals surface area contributed by atoms with E-state index in [1.807, 2.05) is 0 Å². The van der Waals surface area contributed by atoms with Gasteiger partial charge in [0, 0.05) is 11.1 Å². The van der Waals surface area contributed by atoms with Gasteiger partial charge in [0.2, 0.25) is 15.9 Å². The predicted molar refractivity (Wildman–Crippen MR) is 94.8 cm³/mol. The monoisotopic (exact) mass is 384 g/mol. The van der Waals surface area contributed by atoms with Gasteiger partial charge in [0.05, 0.1) is 31.3 Å². The molecule has 0 spiro atoms. The van der Waals surface area contributed by atoms with Crippen LogP contribution in [0.1, 0.15) is 0 Å². The third-order valence-electron chi connectivity index (χ3n) is 3.21. The van der Waals surface area contributed by atoms with Crippen LogP contribution in [-0.2, 0) is 14.8 Å². The normalized spacial score (nSPS) is 11.0. The molecule has 0 saturated carbocycles. The van der Waals surface area contributed by atoms with Crippen LogP contribution in [0.25, 0.3) is 0 Å². The third kappa shape index (κ3) is 5.09. The number of ether oxygens (including phenoxy) is 2. The molecule has 0 atom stereocenters. The lowest BCUT2D eigenvalue weighted by Crippen LogP contribution is -2.33. The highest BCUT2D eigenvalue weighted by Gasteiger charge is 2.16. The number of anilines is 1. The standard InChI is InChI=1S/C16H17ClN2O5S/c1-23-12-6-7-15(24-2)14(9-12)19-16(20)10-18-25(21,22)13-5-3-4-11(17)8-13/h3-9,18H,10H2,1-2H3,(H,19,20). The highest BCUT2D eigenvalue weighted by atomic mass is 35.5. The maximum absolute atomic E-state index is 12.2. The van der Waals surface area contributed by atoms with Gasteiger partial charge in [0.15, 0.2) is 0 Å². The number of halogens is 1. The van der Waals surface area contributed by atoms with Crippen LogP contribution in [0.3, 0.4) is 0 Å². The molecular weight excluding hydrogens is 368 g/mol. The summed E-state index contributed by atoms with van der Waals surface area (Å²) in [6, 6.07) is 10.6. The summed E-state index contributed by atoms with van der Waals surface area (Å²) >= 11 is 5.79. The maximum Gasteiger partial charge on any atom is 0.241 e. The van der Waals surface area contributed by atoms with Crippen molar-refractivity contribution < 1.29 is 22.7 Å². The number of hydrogen-bond donors (Lipinski definition) is 2. The molecule has 1 amide bonds. The fourth-order valence-corrected chi connectivity index (χ4v) is 3.27. The van der Waals surface area contributed by atoms with Crippen molar-refractivity contribution in [3.05, 3.63) is 47.5 Å². The lowest BCUT2D eigenvalue weighted by molar-refractivity contribution is -0.115. The van der Waals surface area contributed by atoms with E-state index in [1.165, 1.54) is 32.4 Å². The minimum absolute atomic E-state index is 0.0215. The molecule has 134 valence electrons. The smallest absolute Gasteiger partial charge is 0.241 e. The fraction of sp³-hybridized carbons (Fsp3) is 0.188. The number of hydrogen-bond acceptors (Lipinski definition) is 5. The van der Waals surface area contributed by atoms with Crippen molar-refractivity contribution >= 4 is 33.2 Å². The Bertz CT molecular complexity index is 871. The molecule has 2 aromatic rings. The number of rotatable bonds is 7. The molecular formula is C16H17ClN2O5S. The van der Waals surface area contributed by atoms with E-state index < -0.39 is 22.5 Å². The summed E-state index contributed by atoms with van der Waals surface area (Å²) in [5.74, 6) is 0.389. The number of carbonyl (C=O) groups is 1. The van der Waals surface area contributed by atoms with Crippen LogP contribution in [0.2, 0.25) is 5.02 Å². The first-order valence-corrected chi connectivity index (χ1v) is 8.99. The van der Waals surface area contributed by atoms with Gasteiger partial charge in [-0.25, -0.2) is 13.1 Å². The molecule has 9 heteroatoms. The zero-order valence-electron chi connectivity index (χ0n) is 13.6. The summed E-state index contributed by atoms with van der Waals surface area (Å²) in [5.41, 5.74) is 0.369. The van der Waals surface area contributed by atoms with Crippen molar-refractivity contribution in [2.24, 2.45) is 0 Å². The summed E-state index contributed by atoms with van der Waals surface area (Å²) in [6.07, 6.45) is 0. The Labute approximate surface area is 151 Å². The molecule has 0 aromatic heterocycles. The van der Waals surface area contributed by atoms with E-state index in [4.69, 9.17) is 21.1 Å². The molecule has 0 unspecified atom stereocenters. The summed E-state index contributed by atoms with van der Waals surface area (Å²) in [5, 5.41) is 2.86. The van der Waals surface area contributed by atoms with Crippen LogP contribution in [0, 0.1) is 0 Å². The van der Waals surface area contributed by atoms with Crippen molar-refractivity contribution in [1.82, 2.24) is 4.72 Å². The summed E-state index contributed by atoms with van der Waals surface area (Å²) in [7, 11) is -0.900. The molecule has 0 radical (unpaired) electrons. The molecule has 2 N–H and O–H groups in total. The first-order valence-electron chi connectivity index (χ1n) is 7.13. The lowest BCUT2D eigenvalue weighted by atomic mass is 10.2. The molecule has 2 rings (SSSR count). The minimum Gasteiger partial charge on any atom is -0.497 e. The minimum atomic E-state index is -3.85. The number of nitrogens with one attached hydrogen (secondary N) is 2. The van der Waals surface area contributed by atoms with Gasteiger partial charge in [-0.05, 0) is 30.3 Å². The number of carbonyl (C=O) groups excluding carboxylic acids is 1. The number of sulfonamides is 1. The Balaban J connectivity index is 2.06. The first-order chi connectivity index (χ1) is 11.9. The Morgan fingerprint density at radius 2 is 1.88 bits per heavy atom. The lowest BCUT2D eigenvalue weighted by Gasteiger charge is -2.12. The van der Waals surface area contributed by atoms with E-state index in [2.05, 4.69) is 10.0 Å². The second-order valence-corrected chi connectivity index (χ2v) is 7.10. The van der Waals surface area contributed by atoms with Crippen LogP contribution in [0.4, 0.5) is 5.69 Å². The SMILES string of the molecule is COc1ccc(OC)c(NC(=O)CNS(=O)(=O)c2cccc(Cl)c2)c1. The highest BCUT2D eigenvalue weighted by Crippen LogP contribution is 2.28. The fourth-order valence-electron chi connectivity index (χ4n) is 1.98. The Morgan fingerprint density at radius 3 is 2.52 bits per heavy atom. The first kappa shape index (κ1) is 19.0. The number of benzene rings is 2. The van der Waals surface area contributed by atoms with Gasteiger partial charge in [-0.1, -0.05) is 17.7 Å². The Morgan fingerprint density at radius 1 is 1.12 bits per heavy atom. The highest BCUT2D eigenvalue weighted by molar-refractivity contribution is 7.89. The average Bonchev–Trinajstić information content (AvgIpc) is 2.60. The quantitative estimate of drug-likeness (QED) is 0.763. The molecule has 0 heterocycles. The van der Waals surface area contributed by atoms with Gasteiger partial charge >= 0.3 is 0 Å². The molecule has 2 aromatic carbocycles. The average molecular weight is 385 g/mol. The molecule has 7 nitrogen and oxygen atoms in total. The van der Waals surface area contributed by atoms with Crippen LogP contribution in [-0.4, -0.2) is 35.1 Å². The van der Waals surface area contributed by atoms with Gasteiger partial charge in [-0.2, -0.15) is 0 Å². The summed E-state index contributed by atoms with van der Waals surface area (Å²) in [4.78, 5) is 12.0. The van der Waals surface area contributed by atoms with Crippen molar-refractivity contribution in [3.8, 4) is 11.5 Å². The molecule has 0 bridgehead atoms. The second kappa shape index (κ2) is 8.19. The van der Waals surface area contributed by atoms with E-state index >= 15 is 0 Å². The molecule has 0 fully saturated rings. The third-order valence-corrected chi connectivity index (χ3v) is 4.84. The zero-order chi connectivity index (χ0) is 18.4. The summed E-state index contributed by atoms with van der Waals surface area (Å²) < 4.78 is 36.8. The van der Waals surface area contributed by atoms with Crippen LogP contribution in [0.15, 0.2) is 47.4 Å². The second-order valence-electron chi connectivity index (χ2n) is 4.90. The van der Waals surface area contributed by atoms with Gasteiger partial charge < -0.3 is 14.8 Å². The predicted octanol–water partition coefficient (Wildman–Crippen LogP) is 2.27. The Hall–Kier alpha value is -2.29. The van der Waals surface area contributed by atoms with Gasteiger partial charge in [0.1, 0.15) is 11.5 Å². The van der Waals surface area contributed by atoms with E-state index in [-0.39, 0.29) is 9.92 Å². The van der Waals surface area contributed by atoms with Crippen LogP contribution < -0.4 is 19.5 Å². The van der Waals surface area contributed by atoms with Crippen molar-refractivity contribution in [2.75, 3.05) is 26.1 Å². The van der Waals surface area contributed by atoms with Crippen LogP contribution in [0.5, 0.6) is 11.5 Å². The van der Waals surface area contributed by atoms with Crippen molar-refractivity contribution in [3.63, 3.8) is 0 Å². The van der Waals surface area contributed by atoms with E-state index in [9.17, 15) is 13.2 Å². The largest absolute Gasteiger partial charge is 0.497 e. The molecule has 0 saturated heterocycles. The van der Waals surface area contributed by atoms with Gasteiger partial charge in [-0.15, -0.1) is 0 Å². The molecule has 0 aliphatic rings. The molecule has 0 aliphatic carbocycles. The molecule has 0 aliphatic heterocycles. The van der Waals surface area contributed by atoms with Gasteiger partial charge in [-0.3, -0.25) is 4.79 Å². The Kier molecular flexibility index (Phi) is 6.24. The van der Waals surface area contributed by atoms with E-state index in [0.717, 1.165) is 0 Å². The van der Waals surface area contributed by atoms with Crippen LogP contribution >= 0.6 is 11.6 Å². The number of methoxy groups -OCH3 is 2. The maximum atomic E-state index is 12.2. The topological polar surface area (TPSA) is 93.7 Å². The van der Waals surface area contributed by atoms with E-state index in [0.29, 0.717) is 17.2 Å². The van der Waals surface area contributed by atoms with Gasteiger partial charge in [0.25, 0.3) is 0 Å². The van der Waals surface area contributed by atoms with Crippen molar-refractivity contribution in [2.45, 2.75) is 4.90 Å². The van der Waals surface area contributed by atoms with E-state index in [1.54, 1.807) is 24.3 Å². The molecule has 25 heavy (non-hydrogen) atoms. The summed E-state index contributed by atoms with van der Waals surface area (Å²) in [6.45, 7) is -0.449. The van der Waals surface area contributed by atoms with Crippen molar-refractivity contribution in [1.29, 1.82) is 0 Å².